The van der Waals surface area contributed by atoms with E-state index in [1.807, 2.05) is 6.07 Å². The normalized spacial score (nSPS) is 16.2. The molecule has 0 amide bonds. The zero-order valence-electron chi connectivity index (χ0n) is 13.5. The molecule has 1 aromatic carbocycles. The van der Waals surface area contributed by atoms with Crippen molar-refractivity contribution in [3.05, 3.63) is 51.3 Å². The van der Waals surface area contributed by atoms with Crippen molar-refractivity contribution in [2.24, 2.45) is 0 Å². The third kappa shape index (κ3) is 4.75. The number of nitrogens with zero attached hydrogens (tertiary/aromatic N) is 2. The highest BCUT2D eigenvalue weighted by Crippen LogP contribution is 2.34. The molecular weight excluding hydrogens is 468 g/mol. The van der Waals surface area contributed by atoms with Gasteiger partial charge in [-0.3, -0.25) is 0 Å². The van der Waals surface area contributed by atoms with Crippen LogP contribution in [0.15, 0.2) is 45.7 Å². The first-order valence-electron chi connectivity index (χ1n) is 7.95. The van der Waals surface area contributed by atoms with E-state index in [0.717, 1.165) is 32.6 Å². The summed E-state index contributed by atoms with van der Waals surface area (Å²) < 4.78 is 6.84. The van der Waals surface area contributed by atoms with Crippen molar-refractivity contribution in [1.82, 2.24) is 15.3 Å². The Morgan fingerprint density at radius 3 is 2.60 bits per heavy atom. The topological polar surface area (TPSA) is 59.1 Å². The Morgan fingerprint density at radius 1 is 1.20 bits per heavy atom. The van der Waals surface area contributed by atoms with Gasteiger partial charge in [-0.25, -0.2) is 9.97 Å². The minimum atomic E-state index is 0.0217. The number of rotatable bonds is 4. The number of halogens is 2. The van der Waals surface area contributed by atoms with Crippen molar-refractivity contribution in [2.75, 3.05) is 25.1 Å². The summed E-state index contributed by atoms with van der Waals surface area (Å²) in [4.78, 5) is 8.52. The summed E-state index contributed by atoms with van der Waals surface area (Å²) in [6.07, 6.45) is 3.56. The highest BCUT2D eigenvalue weighted by atomic mass is 79.9. The first-order chi connectivity index (χ1) is 12.1. The quantitative estimate of drug-likeness (QED) is 0.637. The van der Waals surface area contributed by atoms with Crippen LogP contribution < -0.4 is 10.6 Å². The number of nitrogens with one attached hydrogen (secondary N) is 2. The van der Waals surface area contributed by atoms with Crippen LogP contribution in [0.1, 0.15) is 18.4 Å². The van der Waals surface area contributed by atoms with Crippen LogP contribution in [0.3, 0.4) is 0 Å². The number of thiocarbonyl (C=S) groups is 1. The summed E-state index contributed by atoms with van der Waals surface area (Å²) in [7, 11) is 0. The predicted octanol–water partition coefficient (Wildman–Crippen LogP) is 4.04. The van der Waals surface area contributed by atoms with Gasteiger partial charge in [0.15, 0.2) is 10.9 Å². The van der Waals surface area contributed by atoms with Crippen LogP contribution in [0.4, 0.5) is 5.82 Å². The molecule has 0 aliphatic carbocycles. The Labute approximate surface area is 169 Å². The molecule has 25 heavy (non-hydrogen) atoms. The molecule has 0 saturated carbocycles. The van der Waals surface area contributed by atoms with E-state index < -0.39 is 0 Å². The molecule has 0 radical (unpaired) electrons. The van der Waals surface area contributed by atoms with Gasteiger partial charge >= 0.3 is 0 Å². The number of aromatic nitrogens is 2. The molecule has 0 atom stereocenters. The fourth-order valence-corrected chi connectivity index (χ4v) is 4.03. The summed E-state index contributed by atoms with van der Waals surface area (Å²) in [5.41, 5.74) is 1.34. The number of hydrogen-bond acceptors (Lipinski definition) is 4. The van der Waals surface area contributed by atoms with Gasteiger partial charge in [0.25, 0.3) is 0 Å². The van der Waals surface area contributed by atoms with Crippen LogP contribution in [-0.2, 0) is 10.2 Å². The Hall–Kier alpha value is -1.09. The number of anilines is 1. The van der Waals surface area contributed by atoms with Gasteiger partial charge in [0.05, 0.1) is 6.20 Å². The molecule has 132 valence electrons. The molecule has 5 nitrogen and oxygen atoms in total. The molecule has 2 heterocycles. The maximum absolute atomic E-state index is 5.57. The average molecular weight is 486 g/mol. The van der Waals surface area contributed by atoms with Crippen molar-refractivity contribution >= 4 is 55.0 Å². The molecule has 3 rings (SSSR count). The highest BCUT2D eigenvalue weighted by molar-refractivity contribution is 9.11. The molecule has 2 aromatic rings. The second-order valence-corrected chi connectivity index (χ2v) is 7.87. The van der Waals surface area contributed by atoms with Gasteiger partial charge in [0.2, 0.25) is 0 Å². The van der Waals surface area contributed by atoms with Crippen molar-refractivity contribution in [3.63, 3.8) is 0 Å². The SMILES string of the molecule is S=C(NCC1(c2ccccc2)CCOCC1)Nc1ncc(Br)nc1Br. The molecule has 1 aromatic heterocycles. The van der Waals surface area contributed by atoms with Crippen LogP contribution in [0.2, 0.25) is 0 Å². The molecule has 1 saturated heterocycles. The van der Waals surface area contributed by atoms with Gasteiger partial charge in [0, 0.05) is 25.2 Å². The first-order valence-corrected chi connectivity index (χ1v) is 9.95. The van der Waals surface area contributed by atoms with Gasteiger partial charge in [0.1, 0.15) is 9.21 Å². The Kier molecular flexibility index (Phi) is 6.38. The van der Waals surface area contributed by atoms with E-state index in [4.69, 9.17) is 17.0 Å². The fraction of sp³-hybridized carbons (Fsp3) is 0.353. The van der Waals surface area contributed by atoms with Crippen molar-refractivity contribution in [1.29, 1.82) is 0 Å². The summed E-state index contributed by atoms with van der Waals surface area (Å²) >= 11 is 12.1. The highest BCUT2D eigenvalue weighted by Gasteiger charge is 2.34. The Bertz CT molecular complexity index is 739. The number of hydrogen-bond donors (Lipinski definition) is 2. The second kappa shape index (κ2) is 8.53. The summed E-state index contributed by atoms with van der Waals surface area (Å²) in [6.45, 7) is 2.27. The van der Waals surface area contributed by atoms with Gasteiger partial charge < -0.3 is 15.4 Å². The number of ether oxygens (including phenoxy) is 1. The molecular formula is C17H18Br2N4OS. The molecule has 0 spiro atoms. The zero-order chi connectivity index (χ0) is 17.7. The minimum Gasteiger partial charge on any atom is -0.381 e. The van der Waals surface area contributed by atoms with Gasteiger partial charge in [-0.15, -0.1) is 0 Å². The lowest BCUT2D eigenvalue weighted by molar-refractivity contribution is 0.0515. The van der Waals surface area contributed by atoms with E-state index in [0.29, 0.717) is 20.1 Å². The lowest BCUT2D eigenvalue weighted by Crippen LogP contribution is -2.45. The van der Waals surface area contributed by atoms with Gasteiger partial charge in [-0.2, -0.15) is 0 Å². The van der Waals surface area contributed by atoms with E-state index >= 15 is 0 Å². The largest absolute Gasteiger partial charge is 0.381 e. The van der Waals surface area contributed by atoms with Crippen LogP contribution in [0.5, 0.6) is 0 Å². The number of benzene rings is 1. The van der Waals surface area contributed by atoms with Crippen molar-refractivity contribution in [2.45, 2.75) is 18.3 Å². The lowest BCUT2D eigenvalue weighted by atomic mass is 9.74. The van der Waals surface area contributed by atoms with Crippen LogP contribution in [-0.4, -0.2) is 34.8 Å². The molecule has 8 heteroatoms. The zero-order valence-corrected chi connectivity index (χ0v) is 17.5. The monoisotopic (exact) mass is 484 g/mol. The third-order valence-corrected chi connectivity index (χ3v) is 5.54. The first kappa shape index (κ1) is 18.7. The van der Waals surface area contributed by atoms with E-state index in [9.17, 15) is 0 Å². The van der Waals surface area contributed by atoms with Gasteiger partial charge in [-0.1, -0.05) is 30.3 Å². The summed E-state index contributed by atoms with van der Waals surface area (Å²) in [5.74, 6) is 0.585. The van der Waals surface area contributed by atoms with Crippen molar-refractivity contribution in [3.8, 4) is 0 Å². The second-order valence-electron chi connectivity index (χ2n) is 5.90. The molecule has 1 aliphatic heterocycles. The van der Waals surface area contributed by atoms with E-state index in [1.54, 1.807) is 6.20 Å². The summed E-state index contributed by atoms with van der Waals surface area (Å²) in [5, 5.41) is 6.97. The average Bonchev–Trinajstić information content (AvgIpc) is 2.64. The maximum atomic E-state index is 5.57. The molecule has 0 bridgehead atoms. The van der Waals surface area contributed by atoms with Gasteiger partial charge in [-0.05, 0) is 62.5 Å². The van der Waals surface area contributed by atoms with E-state index in [1.165, 1.54) is 5.56 Å². The van der Waals surface area contributed by atoms with Crippen molar-refractivity contribution < 1.29 is 4.74 Å². The lowest BCUT2D eigenvalue weighted by Gasteiger charge is -2.38. The minimum absolute atomic E-state index is 0.0217. The third-order valence-electron chi connectivity index (χ3n) is 4.36. The Balaban J connectivity index is 1.68. The summed E-state index contributed by atoms with van der Waals surface area (Å²) in [6, 6.07) is 10.6. The Morgan fingerprint density at radius 2 is 1.92 bits per heavy atom. The van der Waals surface area contributed by atoms with Crippen LogP contribution >= 0.6 is 44.1 Å². The van der Waals surface area contributed by atoms with E-state index in [-0.39, 0.29) is 5.41 Å². The fourth-order valence-electron chi connectivity index (χ4n) is 2.95. The van der Waals surface area contributed by atoms with Crippen LogP contribution in [0, 0.1) is 0 Å². The molecule has 0 unspecified atom stereocenters. The van der Waals surface area contributed by atoms with Crippen LogP contribution in [0.25, 0.3) is 0 Å². The molecule has 2 N–H and O–H groups in total. The molecule has 1 aliphatic rings. The smallest absolute Gasteiger partial charge is 0.172 e. The standard InChI is InChI=1S/C17H18Br2N4OS/c18-13-10-20-15(14(19)22-13)23-16(25)21-11-17(6-8-24-9-7-17)12-4-2-1-3-5-12/h1-5,10H,6-9,11H2,(H2,20,21,23,25). The van der Waals surface area contributed by atoms with E-state index in [2.05, 4.69) is 76.7 Å². The molecule has 1 fully saturated rings. The maximum Gasteiger partial charge on any atom is 0.172 e. The predicted molar refractivity (Wildman–Crippen MR) is 110 cm³/mol.